The summed E-state index contributed by atoms with van der Waals surface area (Å²) in [7, 11) is 1.67. The Hall–Kier alpha value is -1.16. The van der Waals surface area contributed by atoms with Gasteiger partial charge in [0, 0.05) is 21.2 Å². The number of halogens is 1. The van der Waals surface area contributed by atoms with Gasteiger partial charge in [-0.25, -0.2) is 0 Å². The van der Waals surface area contributed by atoms with Crippen molar-refractivity contribution in [3.63, 3.8) is 0 Å². The highest BCUT2D eigenvalue weighted by Gasteiger charge is 2.17. The van der Waals surface area contributed by atoms with Crippen LogP contribution >= 0.6 is 23.4 Å². The van der Waals surface area contributed by atoms with Crippen molar-refractivity contribution in [2.24, 2.45) is 5.73 Å². The molecule has 0 saturated heterocycles. The summed E-state index contributed by atoms with van der Waals surface area (Å²) in [6, 6.07) is 15.9. The smallest absolute Gasteiger partial charge is 0.118 e. The molecule has 4 heteroatoms. The third-order valence-electron chi connectivity index (χ3n) is 3.00. The second-order valence-electron chi connectivity index (χ2n) is 4.62. The van der Waals surface area contributed by atoms with Gasteiger partial charge in [-0.15, -0.1) is 11.8 Å². The van der Waals surface area contributed by atoms with Crippen LogP contribution in [0.3, 0.4) is 0 Å². The fourth-order valence-electron chi connectivity index (χ4n) is 1.93. The summed E-state index contributed by atoms with van der Waals surface area (Å²) in [5.74, 6) is 0.855. The number of nitrogens with two attached hydrogens (primary N) is 1. The Bertz CT molecular complexity index is 539. The van der Waals surface area contributed by atoms with E-state index in [1.165, 1.54) is 5.56 Å². The summed E-state index contributed by atoms with van der Waals surface area (Å²) >= 11 is 7.66. The fraction of sp³-hybridized carbons (Fsp3) is 0.250. The summed E-state index contributed by atoms with van der Waals surface area (Å²) < 4.78 is 5.19. The van der Waals surface area contributed by atoms with Gasteiger partial charge in [-0.3, -0.25) is 0 Å². The van der Waals surface area contributed by atoms with Crippen LogP contribution < -0.4 is 10.5 Å². The van der Waals surface area contributed by atoms with Crippen LogP contribution in [0.25, 0.3) is 0 Å². The van der Waals surface area contributed by atoms with Crippen LogP contribution in [0.5, 0.6) is 5.75 Å². The molecule has 2 aromatic carbocycles. The molecular weight excluding hydrogens is 290 g/mol. The van der Waals surface area contributed by atoms with E-state index < -0.39 is 0 Å². The number of benzene rings is 2. The lowest BCUT2D eigenvalue weighted by Gasteiger charge is -2.21. The molecule has 2 nitrogen and oxygen atoms in total. The Morgan fingerprint density at radius 1 is 1.05 bits per heavy atom. The Balaban J connectivity index is 2.19. The normalized spacial score (nSPS) is 13.8. The van der Waals surface area contributed by atoms with E-state index in [4.69, 9.17) is 22.1 Å². The first kappa shape index (κ1) is 15.2. The van der Waals surface area contributed by atoms with Crippen LogP contribution in [0.4, 0.5) is 0 Å². The molecule has 0 heterocycles. The number of methoxy groups -OCH3 is 1. The first-order chi connectivity index (χ1) is 9.60. The zero-order chi connectivity index (χ0) is 14.5. The van der Waals surface area contributed by atoms with Crippen LogP contribution in [0.1, 0.15) is 17.7 Å². The SMILES string of the molecule is COc1ccc(C(Sc2ccc(Cl)cc2)C(C)N)cc1. The monoisotopic (exact) mass is 307 g/mol. The Morgan fingerprint density at radius 2 is 1.65 bits per heavy atom. The van der Waals surface area contributed by atoms with Crippen LogP contribution in [-0.4, -0.2) is 13.2 Å². The largest absolute Gasteiger partial charge is 0.497 e. The van der Waals surface area contributed by atoms with Crippen molar-refractivity contribution in [1.82, 2.24) is 0 Å². The Morgan fingerprint density at radius 3 is 2.15 bits per heavy atom. The predicted octanol–water partition coefficient (Wildman–Crippen LogP) is 4.53. The van der Waals surface area contributed by atoms with Gasteiger partial charge >= 0.3 is 0 Å². The van der Waals surface area contributed by atoms with E-state index >= 15 is 0 Å². The van der Waals surface area contributed by atoms with E-state index in [0.717, 1.165) is 15.7 Å². The van der Waals surface area contributed by atoms with Gasteiger partial charge in [-0.05, 0) is 48.9 Å². The zero-order valence-electron chi connectivity index (χ0n) is 11.5. The molecule has 2 N–H and O–H groups in total. The third-order valence-corrected chi connectivity index (χ3v) is 4.75. The van der Waals surface area contributed by atoms with Crippen molar-refractivity contribution in [2.45, 2.75) is 23.1 Å². The summed E-state index contributed by atoms with van der Waals surface area (Å²) in [5, 5.41) is 0.943. The Kier molecular flexibility index (Phi) is 5.35. The maximum atomic E-state index is 6.14. The average Bonchev–Trinajstić information content (AvgIpc) is 2.46. The molecule has 0 fully saturated rings. The van der Waals surface area contributed by atoms with Crippen LogP contribution in [0.15, 0.2) is 53.4 Å². The lowest BCUT2D eigenvalue weighted by molar-refractivity contribution is 0.414. The standard InChI is InChI=1S/C16H18ClNOS/c1-11(18)16(12-3-7-14(19-2)8-4-12)20-15-9-5-13(17)6-10-15/h3-11,16H,18H2,1-2H3. The van der Waals surface area contributed by atoms with Crippen molar-refractivity contribution >= 4 is 23.4 Å². The van der Waals surface area contributed by atoms with Gasteiger partial charge in [0.15, 0.2) is 0 Å². The van der Waals surface area contributed by atoms with Crippen molar-refractivity contribution in [2.75, 3.05) is 7.11 Å². The minimum absolute atomic E-state index is 0.0454. The van der Waals surface area contributed by atoms with Crippen molar-refractivity contribution in [3.8, 4) is 5.75 Å². The van der Waals surface area contributed by atoms with Crippen LogP contribution in [0, 0.1) is 0 Å². The molecule has 0 spiro atoms. The Labute approximate surface area is 129 Å². The van der Waals surface area contributed by atoms with Crippen molar-refractivity contribution in [1.29, 1.82) is 0 Å². The third kappa shape index (κ3) is 3.92. The second-order valence-corrected chi connectivity index (χ2v) is 6.28. The minimum atomic E-state index is 0.0454. The summed E-state index contributed by atoms with van der Waals surface area (Å²) in [5.41, 5.74) is 7.33. The fourth-order valence-corrected chi connectivity index (χ4v) is 3.15. The van der Waals surface area contributed by atoms with E-state index in [0.29, 0.717) is 0 Å². The molecule has 0 saturated carbocycles. The van der Waals surface area contributed by atoms with Gasteiger partial charge in [0.1, 0.15) is 5.75 Å². The minimum Gasteiger partial charge on any atom is -0.497 e. The molecule has 0 radical (unpaired) electrons. The number of ether oxygens (including phenoxy) is 1. The predicted molar refractivity (Wildman–Crippen MR) is 86.7 cm³/mol. The molecule has 20 heavy (non-hydrogen) atoms. The molecular formula is C16H18ClNOS. The van der Waals surface area contributed by atoms with Crippen LogP contribution in [0.2, 0.25) is 5.02 Å². The van der Waals surface area contributed by atoms with E-state index in [1.54, 1.807) is 18.9 Å². The van der Waals surface area contributed by atoms with Gasteiger partial charge in [0.25, 0.3) is 0 Å². The number of rotatable bonds is 5. The lowest BCUT2D eigenvalue weighted by Crippen LogP contribution is -2.22. The maximum absolute atomic E-state index is 6.14. The van der Waals surface area contributed by atoms with Gasteiger partial charge < -0.3 is 10.5 Å². The van der Waals surface area contributed by atoms with Crippen molar-refractivity contribution in [3.05, 3.63) is 59.1 Å². The highest BCUT2D eigenvalue weighted by Crippen LogP contribution is 2.37. The quantitative estimate of drug-likeness (QED) is 0.824. The molecule has 2 atom stereocenters. The van der Waals surface area contributed by atoms with E-state index in [1.807, 2.05) is 43.3 Å². The lowest BCUT2D eigenvalue weighted by atomic mass is 10.1. The molecule has 0 aromatic heterocycles. The molecule has 2 rings (SSSR count). The molecule has 0 amide bonds. The first-order valence-corrected chi connectivity index (χ1v) is 7.67. The molecule has 0 aliphatic rings. The molecule has 0 bridgehead atoms. The molecule has 0 aliphatic carbocycles. The molecule has 106 valence electrons. The van der Waals surface area contributed by atoms with E-state index in [-0.39, 0.29) is 11.3 Å². The van der Waals surface area contributed by atoms with Gasteiger partial charge in [0.05, 0.1) is 7.11 Å². The zero-order valence-corrected chi connectivity index (χ0v) is 13.1. The van der Waals surface area contributed by atoms with Crippen molar-refractivity contribution < 1.29 is 4.74 Å². The highest BCUT2D eigenvalue weighted by atomic mass is 35.5. The summed E-state index contributed by atoms with van der Waals surface area (Å²) in [4.78, 5) is 1.16. The van der Waals surface area contributed by atoms with Gasteiger partial charge in [-0.1, -0.05) is 23.7 Å². The molecule has 2 unspecified atom stereocenters. The number of hydrogen-bond acceptors (Lipinski definition) is 3. The summed E-state index contributed by atoms with van der Waals surface area (Å²) in [6.45, 7) is 2.03. The maximum Gasteiger partial charge on any atom is 0.118 e. The van der Waals surface area contributed by atoms with Gasteiger partial charge in [0.2, 0.25) is 0 Å². The summed E-state index contributed by atoms with van der Waals surface area (Å²) in [6.07, 6.45) is 0. The topological polar surface area (TPSA) is 35.2 Å². The number of thioether (sulfide) groups is 1. The molecule has 0 aliphatic heterocycles. The first-order valence-electron chi connectivity index (χ1n) is 6.42. The van der Waals surface area contributed by atoms with Gasteiger partial charge in [-0.2, -0.15) is 0 Å². The van der Waals surface area contributed by atoms with E-state index in [9.17, 15) is 0 Å². The van der Waals surface area contributed by atoms with E-state index in [2.05, 4.69) is 12.1 Å². The van der Waals surface area contributed by atoms with Crippen LogP contribution in [-0.2, 0) is 0 Å². The average molecular weight is 308 g/mol. The molecule has 2 aromatic rings. The highest BCUT2D eigenvalue weighted by molar-refractivity contribution is 7.99. The number of hydrogen-bond donors (Lipinski definition) is 1. The second kappa shape index (κ2) is 7.02.